The summed E-state index contributed by atoms with van der Waals surface area (Å²) in [4.78, 5) is 20.7. The molecule has 0 amide bonds. The predicted octanol–water partition coefficient (Wildman–Crippen LogP) is 3.25. The van der Waals surface area contributed by atoms with E-state index < -0.39 is 0 Å². The monoisotopic (exact) mass is 356 g/mol. The van der Waals surface area contributed by atoms with Crippen LogP contribution in [0.2, 0.25) is 0 Å². The normalized spacial score (nSPS) is 20.2. The highest BCUT2D eigenvalue weighted by atomic mass is 16.1. The highest BCUT2D eigenvalue weighted by Crippen LogP contribution is 2.26. The first-order chi connectivity index (χ1) is 12.5. The Morgan fingerprint density at radius 1 is 1.35 bits per heavy atom. The van der Waals surface area contributed by atoms with Gasteiger partial charge in [-0.1, -0.05) is 25.0 Å². The molecule has 0 unspecified atom stereocenters. The Hall–Kier alpha value is -1.72. The average Bonchev–Trinajstić information content (AvgIpc) is 2.84. The lowest BCUT2D eigenvalue weighted by atomic mass is 10.1. The van der Waals surface area contributed by atoms with Crippen LogP contribution in [0.1, 0.15) is 57.5 Å². The first-order valence-electron chi connectivity index (χ1n) is 10.0. The van der Waals surface area contributed by atoms with Crippen LogP contribution < -0.4 is 10.9 Å². The van der Waals surface area contributed by atoms with Gasteiger partial charge in [0.25, 0.3) is 5.56 Å². The van der Waals surface area contributed by atoms with Crippen LogP contribution in [0.4, 0.5) is 0 Å². The summed E-state index contributed by atoms with van der Waals surface area (Å²) >= 11 is 0. The quantitative estimate of drug-likeness (QED) is 0.893. The molecule has 0 aliphatic carbocycles. The molecule has 1 aromatic carbocycles. The second kappa shape index (κ2) is 8.31. The Kier molecular flexibility index (Phi) is 6.09. The molecule has 2 atom stereocenters. The third kappa shape index (κ3) is 3.84. The summed E-state index contributed by atoms with van der Waals surface area (Å²) in [5.74, 6) is 0.935. The summed E-state index contributed by atoms with van der Waals surface area (Å²) in [5.41, 5.74) is 2.02. The third-order valence-corrected chi connectivity index (χ3v) is 5.38. The fourth-order valence-corrected chi connectivity index (χ4v) is 4.08. The van der Waals surface area contributed by atoms with Crippen LogP contribution in [0, 0.1) is 6.92 Å². The van der Waals surface area contributed by atoms with Gasteiger partial charge in [-0.3, -0.25) is 14.3 Å². The van der Waals surface area contributed by atoms with Crippen molar-refractivity contribution < 1.29 is 0 Å². The van der Waals surface area contributed by atoms with Crippen LogP contribution in [0.25, 0.3) is 10.9 Å². The van der Waals surface area contributed by atoms with Crippen LogP contribution in [-0.4, -0.2) is 40.1 Å². The van der Waals surface area contributed by atoms with E-state index in [1.54, 1.807) is 0 Å². The van der Waals surface area contributed by atoms with Gasteiger partial charge in [-0.25, -0.2) is 4.98 Å². The maximum atomic E-state index is 13.1. The van der Waals surface area contributed by atoms with E-state index in [1.807, 2.05) is 36.6 Å². The van der Waals surface area contributed by atoms with Crippen molar-refractivity contribution in [3.05, 3.63) is 39.9 Å². The van der Waals surface area contributed by atoms with Crippen LogP contribution in [0.3, 0.4) is 0 Å². The Bertz CT molecular complexity index is 813. The molecular formula is C21H32N4O. The summed E-state index contributed by atoms with van der Waals surface area (Å²) in [6, 6.07) is 6.66. The Morgan fingerprint density at radius 3 is 2.88 bits per heavy atom. The van der Waals surface area contributed by atoms with Crippen LogP contribution >= 0.6 is 0 Å². The maximum Gasteiger partial charge on any atom is 0.261 e. The number of nitrogens with one attached hydrogen (secondary N) is 1. The highest BCUT2D eigenvalue weighted by molar-refractivity contribution is 5.78. The van der Waals surface area contributed by atoms with Gasteiger partial charge in [-0.15, -0.1) is 0 Å². The van der Waals surface area contributed by atoms with Crippen molar-refractivity contribution in [3.8, 4) is 0 Å². The van der Waals surface area contributed by atoms with Crippen LogP contribution in [0.15, 0.2) is 23.0 Å². The number of aryl methyl sites for hydroxylation is 1. The van der Waals surface area contributed by atoms with E-state index in [4.69, 9.17) is 4.98 Å². The molecule has 1 fully saturated rings. The van der Waals surface area contributed by atoms with E-state index >= 15 is 0 Å². The second-order valence-corrected chi connectivity index (χ2v) is 7.55. The smallest absolute Gasteiger partial charge is 0.261 e. The van der Waals surface area contributed by atoms with Crippen molar-refractivity contribution >= 4 is 10.9 Å². The molecular weight excluding hydrogens is 324 g/mol. The van der Waals surface area contributed by atoms with Gasteiger partial charge >= 0.3 is 0 Å². The number of nitrogens with zero attached hydrogens (tertiary/aromatic N) is 3. The van der Waals surface area contributed by atoms with Crippen molar-refractivity contribution in [1.29, 1.82) is 0 Å². The van der Waals surface area contributed by atoms with E-state index in [0.29, 0.717) is 12.6 Å². The van der Waals surface area contributed by atoms with Gasteiger partial charge in [-0.2, -0.15) is 0 Å². The van der Waals surface area contributed by atoms with Crippen molar-refractivity contribution in [2.75, 3.05) is 19.6 Å². The Balaban J connectivity index is 2.12. The molecule has 1 aliphatic rings. The second-order valence-electron chi connectivity index (χ2n) is 7.55. The zero-order valence-corrected chi connectivity index (χ0v) is 16.6. The Labute approximate surface area is 156 Å². The third-order valence-electron chi connectivity index (χ3n) is 5.38. The van der Waals surface area contributed by atoms with Crippen molar-refractivity contribution in [1.82, 2.24) is 19.8 Å². The molecule has 5 nitrogen and oxygen atoms in total. The van der Waals surface area contributed by atoms with Gasteiger partial charge in [0, 0.05) is 25.7 Å². The van der Waals surface area contributed by atoms with Crippen molar-refractivity contribution in [3.63, 3.8) is 0 Å². The van der Waals surface area contributed by atoms with E-state index in [-0.39, 0.29) is 11.6 Å². The van der Waals surface area contributed by atoms with Gasteiger partial charge in [0.05, 0.1) is 16.9 Å². The number of fused-ring (bicyclic) bond motifs is 1. The molecule has 2 heterocycles. The molecule has 5 heteroatoms. The Morgan fingerprint density at radius 2 is 2.15 bits per heavy atom. The SMILES string of the molecule is CCC[C@H](c1nc2ccc(C)cc2c(=O)n1CC)N1CCCN[C@@H](C)C1. The number of hydrogen-bond donors (Lipinski definition) is 1. The zero-order chi connectivity index (χ0) is 18.7. The molecule has 3 rings (SSSR count). The zero-order valence-electron chi connectivity index (χ0n) is 16.6. The summed E-state index contributed by atoms with van der Waals surface area (Å²) in [6.07, 6.45) is 3.23. The maximum absolute atomic E-state index is 13.1. The lowest BCUT2D eigenvalue weighted by molar-refractivity contribution is 0.174. The molecule has 1 saturated heterocycles. The summed E-state index contributed by atoms with van der Waals surface area (Å²) < 4.78 is 1.89. The highest BCUT2D eigenvalue weighted by Gasteiger charge is 2.27. The molecule has 0 bridgehead atoms. The molecule has 1 N–H and O–H groups in total. The fourth-order valence-electron chi connectivity index (χ4n) is 4.08. The molecule has 142 valence electrons. The summed E-state index contributed by atoms with van der Waals surface area (Å²) in [7, 11) is 0. The minimum atomic E-state index is 0.0956. The van der Waals surface area contributed by atoms with Gasteiger partial charge in [-0.05, 0) is 52.3 Å². The number of rotatable bonds is 5. The van der Waals surface area contributed by atoms with Crippen molar-refractivity contribution in [2.24, 2.45) is 0 Å². The molecule has 26 heavy (non-hydrogen) atoms. The number of hydrogen-bond acceptors (Lipinski definition) is 4. The largest absolute Gasteiger partial charge is 0.313 e. The lowest BCUT2D eigenvalue weighted by Gasteiger charge is -2.32. The van der Waals surface area contributed by atoms with E-state index in [1.165, 1.54) is 0 Å². The van der Waals surface area contributed by atoms with Gasteiger partial charge in [0.2, 0.25) is 0 Å². The lowest BCUT2D eigenvalue weighted by Crippen LogP contribution is -2.40. The summed E-state index contributed by atoms with van der Waals surface area (Å²) in [5, 5.41) is 4.30. The molecule has 1 aromatic heterocycles. The molecule has 0 radical (unpaired) electrons. The molecule has 0 spiro atoms. The first kappa shape index (κ1) is 19.1. The van der Waals surface area contributed by atoms with Crippen molar-refractivity contribution in [2.45, 2.75) is 65.6 Å². The first-order valence-corrected chi connectivity index (χ1v) is 10.0. The van der Waals surface area contributed by atoms with Gasteiger partial charge in [0.1, 0.15) is 5.82 Å². The molecule has 0 saturated carbocycles. The number of aromatic nitrogens is 2. The summed E-state index contributed by atoms with van der Waals surface area (Å²) in [6.45, 7) is 12.3. The minimum Gasteiger partial charge on any atom is -0.313 e. The topological polar surface area (TPSA) is 50.2 Å². The standard InChI is InChI=1S/C21H32N4O/c1-5-8-19(24-12-7-11-22-16(4)14-24)20-23-18-10-9-15(3)13-17(18)21(26)25(20)6-2/h9-10,13,16,19,22H,5-8,11-12,14H2,1-4H3/t16-,19+/m0/s1. The van der Waals surface area contributed by atoms with Gasteiger partial charge in [0.15, 0.2) is 0 Å². The minimum absolute atomic E-state index is 0.0956. The average molecular weight is 357 g/mol. The van der Waals surface area contributed by atoms with Gasteiger partial charge < -0.3 is 5.32 Å². The molecule has 2 aromatic rings. The fraction of sp³-hybridized carbons (Fsp3) is 0.619. The van der Waals surface area contributed by atoms with Crippen LogP contribution in [0.5, 0.6) is 0 Å². The van der Waals surface area contributed by atoms with Crippen LogP contribution in [-0.2, 0) is 6.54 Å². The van der Waals surface area contributed by atoms with E-state index in [2.05, 4.69) is 24.1 Å². The molecule has 1 aliphatic heterocycles. The van der Waals surface area contributed by atoms with E-state index in [9.17, 15) is 4.79 Å². The number of benzene rings is 1. The van der Waals surface area contributed by atoms with E-state index in [0.717, 1.165) is 61.2 Å². The predicted molar refractivity (Wildman–Crippen MR) is 108 cm³/mol.